The van der Waals surface area contributed by atoms with Crippen molar-refractivity contribution in [2.75, 3.05) is 5.73 Å². The lowest BCUT2D eigenvalue weighted by molar-refractivity contribution is -0.137. The van der Waals surface area contributed by atoms with Crippen LogP contribution < -0.4 is 11.1 Å². The minimum absolute atomic E-state index is 0.0358. The highest BCUT2D eigenvalue weighted by Gasteiger charge is 2.44. The SMILES string of the molecule is Nc1ncnc2c1ncn2[C@H]1[C@H](O)[C@H](NC(=O)CCCC(=O)O)C[C@@H]1O. The van der Waals surface area contributed by atoms with Crippen molar-refractivity contribution in [3.8, 4) is 0 Å². The second-order valence-corrected chi connectivity index (χ2v) is 6.29. The monoisotopic (exact) mass is 364 g/mol. The number of aromatic nitrogens is 4. The quantitative estimate of drug-likeness (QED) is 0.422. The van der Waals surface area contributed by atoms with Crippen molar-refractivity contribution >= 4 is 28.9 Å². The molecule has 26 heavy (non-hydrogen) atoms. The maximum absolute atomic E-state index is 11.9. The molecule has 2 aromatic heterocycles. The van der Waals surface area contributed by atoms with Gasteiger partial charge in [-0.25, -0.2) is 15.0 Å². The molecule has 3 rings (SSSR count). The summed E-state index contributed by atoms with van der Waals surface area (Å²) in [4.78, 5) is 34.5. The van der Waals surface area contributed by atoms with Crippen LogP contribution in [-0.4, -0.2) is 65.0 Å². The Labute approximate surface area is 147 Å². The van der Waals surface area contributed by atoms with Crippen molar-refractivity contribution in [3.05, 3.63) is 12.7 Å². The summed E-state index contributed by atoms with van der Waals surface area (Å²) < 4.78 is 1.53. The van der Waals surface area contributed by atoms with Crippen LogP contribution in [0, 0.1) is 0 Å². The number of aliphatic hydroxyl groups excluding tert-OH is 2. The first-order valence-electron chi connectivity index (χ1n) is 8.18. The minimum Gasteiger partial charge on any atom is -0.481 e. The van der Waals surface area contributed by atoms with Crippen LogP contribution in [0.1, 0.15) is 31.7 Å². The van der Waals surface area contributed by atoms with Crippen LogP contribution in [0.5, 0.6) is 0 Å². The van der Waals surface area contributed by atoms with E-state index in [-0.39, 0.29) is 37.4 Å². The van der Waals surface area contributed by atoms with Gasteiger partial charge in [-0.3, -0.25) is 9.59 Å². The van der Waals surface area contributed by atoms with Gasteiger partial charge in [0, 0.05) is 12.8 Å². The Bertz CT molecular complexity index is 824. The molecule has 0 aromatic carbocycles. The van der Waals surface area contributed by atoms with E-state index in [0.29, 0.717) is 11.2 Å². The predicted octanol–water partition coefficient (Wildman–Crippen LogP) is -1.19. The number of imidazole rings is 1. The van der Waals surface area contributed by atoms with Gasteiger partial charge in [-0.1, -0.05) is 0 Å². The molecular weight excluding hydrogens is 344 g/mol. The Morgan fingerprint density at radius 1 is 1.27 bits per heavy atom. The average molecular weight is 364 g/mol. The summed E-state index contributed by atoms with van der Waals surface area (Å²) in [6.07, 6.45) is 0.983. The highest BCUT2D eigenvalue weighted by atomic mass is 16.4. The van der Waals surface area contributed by atoms with Crippen LogP contribution in [-0.2, 0) is 9.59 Å². The molecule has 1 saturated carbocycles. The van der Waals surface area contributed by atoms with E-state index >= 15 is 0 Å². The molecule has 11 heteroatoms. The number of nitrogens with two attached hydrogens (primary N) is 1. The number of amides is 1. The number of nitrogens with zero attached hydrogens (tertiary/aromatic N) is 4. The minimum atomic E-state index is -1.07. The lowest BCUT2D eigenvalue weighted by atomic mass is 10.1. The van der Waals surface area contributed by atoms with Gasteiger partial charge in [0.1, 0.15) is 11.8 Å². The largest absolute Gasteiger partial charge is 0.481 e. The zero-order valence-corrected chi connectivity index (χ0v) is 13.8. The van der Waals surface area contributed by atoms with E-state index < -0.39 is 30.3 Å². The zero-order chi connectivity index (χ0) is 18.8. The maximum Gasteiger partial charge on any atom is 0.303 e. The average Bonchev–Trinajstić information content (AvgIpc) is 3.09. The van der Waals surface area contributed by atoms with Gasteiger partial charge in [-0.2, -0.15) is 0 Å². The second kappa shape index (κ2) is 7.22. The number of anilines is 1. The van der Waals surface area contributed by atoms with Gasteiger partial charge >= 0.3 is 5.97 Å². The number of hydrogen-bond acceptors (Lipinski definition) is 8. The zero-order valence-electron chi connectivity index (χ0n) is 13.8. The molecule has 0 unspecified atom stereocenters. The summed E-state index contributed by atoms with van der Waals surface area (Å²) in [7, 11) is 0. The Balaban J connectivity index is 1.71. The number of fused-ring (bicyclic) bond motifs is 1. The van der Waals surface area contributed by atoms with E-state index in [1.807, 2.05) is 0 Å². The molecule has 0 spiro atoms. The van der Waals surface area contributed by atoms with E-state index in [0.717, 1.165) is 0 Å². The highest BCUT2D eigenvalue weighted by molar-refractivity contribution is 5.81. The van der Waals surface area contributed by atoms with E-state index in [1.54, 1.807) is 0 Å². The van der Waals surface area contributed by atoms with Crippen LogP contribution in [0.15, 0.2) is 12.7 Å². The number of carbonyl (C=O) groups is 2. The summed E-state index contributed by atoms with van der Waals surface area (Å²) >= 11 is 0. The molecule has 140 valence electrons. The van der Waals surface area contributed by atoms with E-state index in [1.165, 1.54) is 17.2 Å². The number of nitrogens with one attached hydrogen (secondary N) is 1. The van der Waals surface area contributed by atoms with Gasteiger partial charge in [0.15, 0.2) is 11.5 Å². The molecule has 0 aliphatic heterocycles. The number of hydrogen-bond donors (Lipinski definition) is 5. The molecule has 1 aliphatic carbocycles. The Morgan fingerprint density at radius 2 is 2.04 bits per heavy atom. The Kier molecular flexibility index (Phi) is 5.00. The second-order valence-electron chi connectivity index (χ2n) is 6.29. The Morgan fingerprint density at radius 3 is 2.77 bits per heavy atom. The van der Waals surface area contributed by atoms with Gasteiger partial charge in [0.25, 0.3) is 0 Å². The fraction of sp³-hybridized carbons (Fsp3) is 0.533. The number of carbonyl (C=O) groups excluding carboxylic acids is 1. The van der Waals surface area contributed by atoms with Crippen molar-refractivity contribution in [1.29, 1.82) is 0 Å². The lowest BCUT2D eigenvalue weighted by Crippen LogP contribution is -2.42. The van der Waals surface area contributed by atoms with Crippen LogP contribution in [0.3, 0.4) is 0 Å². The number of carboxylic acid groups (broad SMARTS) is 1. The van der Waals surface area contributed by atoms with E-state index in [2.05, 4.69) is 20.3 Å². The molecule has 1 amide bonds. The summed E-state index contributed by atoms with van der Waals surface area (Å²) in [5, 5.41) is 32.2. The third-order valence-corrected chi connectivity index (χ3v) is 4.50. The summed E-state index contributed by atoms with van der Waals surface area (Å²) in [6.45, 7) is 0. The molecular formula is C15H20N6O5. The molecule has 0 saturated heterocycles. The summed E-state index contributed by atoms with van der Waals surface area (Å²) in [5.74, 6) is -1.15. The van der Waals surface area contributed by atoms with Crippen LogP contribution in [0.2, 0.25) is 0 Å². The fourth-order valence-corrected chi connectivity index (χ4v) is 3.27. The van der Waals surface area contributed by atoms with Gasteiger partial charge in [-0.05, 0) is 12.8 Å². The molecule has 11 nitrogen and oxygen atoms in total. The third kappa shape index (κ3) is 3.44. The van der Waals surface area contributed by atoms with Gasteiger partial charge in [0.05, 0.1) is 30.6 Å². The van der Waals surface area contributed by atoms with Crippen molar-refractivity contribution < 1.29 is 24.9 Å². The molecule has 2 heterocycles. The smallest absolute Gasteiger partial charge is 0.303 e. The molecule has 2 aromatic rings. The van der Waals surface area contributed by atoms with Crippen molar-refractivity contribution in [2.45, 2.75) is 50.0 Å². The van der Waals surface area contributed by atoms with Crippen molar-refractivity contribution in [3.63, 3.8) is 0 Å². The Hall–Kier alpha value is -2.79. The van der Waals surface area contributed by atoms with Crippen LogP contribution in [0.4, 0.5) is 5.82 Å². The summed E-state index contributed by atoms with van der Waals surface area (Å²) in [6, 6.07) is -1.41. The fourth-order valence-electron chi connectivity index (χ4n) is 3.27. The third-order valence-electron chi connectivity index (χ3n) is 4.50. The van der Waals surface area contributed by atoms with Crippen molar-refractivity contribution in [1.82, 2.24) is 24.8 Å². The molecule has 1 aliphatic rings. The first-order chi connectivity index (χ1) is 12.4. The van der Waals surface area contributed by atoms with Gasteiger partial charge in [0.2, 0.25) is 5.91 Å². The number of rotatable bonds is 6. The molecule has 0 radical (unpaired) electrons. The van der Waals surface area contributed by atoms with E-state index in [4.69, 9.17) is 10.8 Å². The van der Waals surface area contributed by atoms with Crippen molar-refractivity contribution in [2.24, 2.45) is 0 Å². The predicted molar refractivity (Wildman–Crippen MR) is 88.8 cm³/mol. The normalized spacial score (nSPS) is 25.5. The van der Waals surface area contributed by atoms with Gasteiger partial charge < -0.3 is 30.9 Å². The molecule has 6 N–H and O–H groups in total. The van der Waals surface area contributed by atoms with Gasteiger partial charge in [-0.15, -0.1) is 0 Å². The standard InChI is InChI=1S/C15H20N6O5/c16-14-11-15(18-5-17-14)21(6-19-11)12-8(22)4-7(13(12)26)20-9(23)2-1-3-10(24)25/h5-8,12-13,22,26H,1-4H2,(H,20,23)(H,24,25)(H2,16,17,18)/t7-,8+,12-,13-/m1/s1. The highest BCUT2D eigenvalue weighted by Crippen LogP contribution is 2.33. The lowest BCUT2D eigenvalue weighted by Gasteiger charge is -2.22. The number of aliphatic carboxylic acids is 1. The molecule has 4 atom stereocenters. The maximum atomic E-state index is 11.9. The number of carboxylic acids is 1. The van der Waals surface area contributed by atoms with Crippen LogP contribution in [0.25, 0.3) is 11.2 Å². The first kappa shape index (κ1) is 18.0. The number of aliphatic hydroxyl groups is 2. The molecule has 1 fully saturated rings. The number of nitrogen functional groups attached to an aromatic ring is 1. The topological polar surface area (TPSA) is 176 Å². The summed E-state index contributed by atoms with van der Waals surface area (Å²) in [5.41, 5.74) is 6.50. The first-order valence-corrected chi connectivity index (χ1v) is 8.18. The van der Waals surface area contributed by atoms with E-state index in [9.17, 15) is 19.8 Å². The molecule has 0 bridgehead atoms. The van der Waals surface area contributed by atoms with Crippen LogP contribution >= 0.6 is 0 Å².